The number of thiophene rings is 1. The Kier molecular flexibility index (Phi) is 2.82. The van der Waals surface area contributed by atoms with Gasteiger partial charge in [0.25, 0.3) is 0 Å². The summed E-state index contributed by atoms with van der Waals surface area (Å²) in [4.78, 5) is 8.68. The van der Waals surface area contributed by atoms with E-state index in [4.69, 9.17) is 0 Å². The van der Waals surface area contributed by atoms with E-state index in [9.17, 15) is 0 Å². The topological polar surface area (TPSA) is 42.2 Å². The molecule has 0 unspecified atom stereocenters. The molecule has 4 nitrogen and oxygen atoms in total. The standard InChI is InChI=1S/C11H9BrN4S/c12-9-6-16-3-2-13-11(16)10(15-9)14-5-8-1-4-17-7-8/h1-4,6-7H,5H2,(H,14,15). The third-order valence-corrected chi connectivity index (χ3v) is 3.50. The lowest BCUT2D eigenvalue weighted by atomic mass is 10.3. The first-order valence-electron chi connectivity index (χ1n) is 5.07. The molecule has 17 heavy (non-hydrogen) atoms. The van der Waals surface area contributed by atoms with Gasteiger partial charge >= 0.3 is 0 Å². The highest BCUT2D eigenvalue weighted by Crippen LogP contribution is 2.18. The number of rotatable bonds is 3. The van der Waals surface area contributed by atoms with Crippen molar-refractivity contribution in [3.05, 3.63) is 45.6 Å². The second-order valence-corrected chi connectivity index (χ2v) is 5.15. The summed E-state index contributed by atoms with van der Waals surface area (Å²) in [7, 11) is 0. The van der Waals surface area contributed by atoms with Gasteiger partial charge in [0, 0.05) is 25.1 Å². The molecule has 0 aliphatic heterocycles. The molecule has 0 amide bonds. The van der Waals surface area contributed by atoms with Crippen molar-refractivity contribution < 1.29 is 0 Å². The van der Waals surface area contributed by atoms with Crippen LogP contribution in [0.25, 0.3) is 5.65 Å². The van der Waals surface area contributed by atoms with Crippen LogP contribution < -0.4 is 5.32 Å². The van der Waals surface area contributed by atoms with Gasteiger partial charge in [-0.2, -0.15) is 11.3 Å². The summed E-state index contributed by atoms with van der Waals surface area (Å²) in [6, 6.07) is 2.10. The second-order valence-electron chi connectivity index (χ2n) is 3.56. The Morgan fingerprint density at radius 3 is 3.24 bits per heavy atom. The molecule has 0 aliphatic carbocycles. The van der Waals surface area contributed by atoms with Crippen molar-refractivity contribution >= 4 is 38.7 Å². The first-order chi connectivity index (χ1) is 8.33. The average Bonchev–Trinajstić information content (AvgIpc) is 2.95. The minimum absolute atomic E-state index is 0.759. The highest BCUT2D eigenvalue weighted by atomic mass is 79.9. The fourth-order valence-corrected chi connectivity index (χ4v) is 2.67. The molecule has 0 fully saturated rings. The van der Waals surface area contributed by atoms with Crippen LogP contribution in [0.1, 0.15) is 5.56 Å². The third-order valence-electron chi connectivity index (χ3n) is 2.38. The number of halogens is 1. The number of fused-ring (bicyclic) bond motifs is 1. The van der Waals surface area contributed by atoms with Gasteiger partial charge in [-0.15, -0.1) is 0 Å². The Hall–Kier alpha value is -1.40. The van der Waals surface area contributed by atoms with Crippen molar-refractivity contribution in [1.29, 1.82) is 0 Å². The van der Waals surface area contributed by atoms with Crippen LogP contribution >= 0.6 is 27.3 Å². The smallest absolute Gasteiger partial charge is 0.180 e. The Balaban J connectivity index is 1.91. The zero-order chi connectivity index (χ0) is 11.7. The zero-order valence-electron chi connectivity index (χ0n) is 8.80. The van der Waals surface area contributed by atoms with Crippen LogP contribution in [0.2, 0.25) is 0 Å². The summed E-state index contributed by atoms with van der Waals surface area (Å²) in [6.07, 6.45) is 5.55. The Labute approximate surface area is 110 Å². The zero-order valence-corrected chi connectivity index (χ0v) is 11.2. The van der Waals surface area contributed by atoms with Gasteiger partial charge in [-0.1, -0.05) is 0 Å². The molecule has 0 radical (unpaired) electrons. The molecule has 0 spiro atoms. The Morgan fingerprint density at radius 1 is 1.47 bits per heavy atom. The summed E-state index contributed by atoms with van der Waals surface area (Å²) in [6.45, 7) is 0.759. The number of anilines is 1. The molecule has 0 aliphatic rings. The maximum atomic E-state index is 4.40. The predicted molar refractivity (Wildman–Crippen MR) is 72.3 cm³/mol. The molecule has 0 saturated heterocycles. The summed E-state index contributed by atoms with van der Waals surface area (Å²) in [5.41, 5.74) is 2.09. The summed E-state index contributed by atoms with van der Waals surface area (Å²) in [5, 5.41) is 7.48. The Morgan fingerprint density at radius 2 is 2.41 bits per heavy atom. The van der Waals surface area contributed by atoms with Gasteiger partial charge in [0.15, 0.2) is 11.5 Å². The van der Waals surface area contributed by atoms with Crippen LogP contribution in [0.3, 0.4) is 0 Å². The highest BCUT2D eigenvalue weighted by molar-refractivity contribution is 9.10. The van der Waals surface area contributed by atoms with E-state index in [0.717, 1.165) is 22.6 Å². The molecule has 0 bridgehead atoms. The third kappa shape index (κ3) is 2.18. The summed E-state index contributed by atoms with van der Waals surface area (Å²) in [5.74, 6) is 0.788. The van der Waals surface area contributed by atoms with Crippen molar-refractivity contribution in [2.24, 2.45) is 0 Å². The van der Waals surface area contributed by atoms with Crippen molar-refractivity contribution in [2.45, 2.75) is 6.54 Å². The highest BCUT2D eigenvalue weighted by Gasteiger charge is 2.05. The number of nitrogens with zero attached hydrogens (tertiary/aromatic N) is 3. The maximum absolute atomic E-state index is 4.40. The second kappa shape index (κ2) is 4.46. The fraction of sp³-hybridized carbons (Fsp3) is 0.0909. The molecule has 0 aromatic carbocycles. The molecule has 3 rings (SSSR count). The minimum Gasteiger partial charge on any atom is -0.363 e. The Bertz CT molecular complexity index is 632. The molecule has 1 N–H and O–H groups in total. The van der Waals surface area contributed by atoms with Crippen molar-refractivity contribution in [3.63, 3.8) is 0 Å². The van der Waals surface area contributed by atoms with Gasteiger partial charge in [0.1, 0.15) is 4.60 Å². The van der Waals surface area contributed by atoms with Crippen molar-refractivity contribution in [1.82, 2.24) is 14.4 Å². The quantitative estimate of drug-likeness (QED) is 0.808. The van der Waals surface area contributed by atoms with Crippen LogP contribution in [0.4, 0.5) is 5.82 Å². The number of hydrogen-bond donors (Lipinski definition) is 1. The van der Waals surface area contributed by atoms with Gasteiger partial charge in [0.05, 0.1) is 0 Å². The lowest BCUT2D eigenvalue weighted by Crippen LogP contribution is -2.03. The number of imidazole rings is 1. The van der Waals surface area contributed by atoms with E-state index in [-0.39, 0.29) is 0 Å². The summed E-state index contributed by atoms with van der Waals surface area (Å²) < 4.78 is 2.73. The van der Waals surface area contributed by atoms with Gasteiger partial charge in [-0.05, 0) is 38.3 Å². The van der Waals surface area contributed by atoms with E-state index >= 15 is 0 Å². The van der Waals surface area contributed by atoms with Gasteiger partial charge in [0.2, 0.25) is 0 Å². The first kappa shape index (κ1) is 10.7. The van der Waals surface area contributed by atoms with Crippen molar-refractivity contribution in [2.75, 3.05) is 5.32 Å². The predicted octanol–water partition coefficient (Wildman–Crippen LogP) is 3.17. The molecule has 3 aromatic heterocycles. The van der Waals surface area contributed by atoms with E-state index in [1.807, 2.05) is 16.8 Å². The molecule has 6 heteroatoms. The van der Waals surface area contributed by atoms with Crippen LogP contribution in [0.15, 0.2) is 40.0 Å². The van der Waals surface area contributed by atoms with E-state index < -0.39 is 0 Å². The van der Waals surface area contributed by atoms with Crippen molar-refractivity contribution in [3.8, 4) is 0 Å². The van der Waals surface area contributed by atoms with Gasteiger partial charge < -0.3 is 9.72 Å². The molecule has 0 saturated carbocycles. The monoisotopic (exact) mass is 308 g/mol. The fourth-order valence-electron chi connectivity index (χ4n) is 1.60. The molecule has 3 heterocycles. The van der Waals surface area contributed by atoms with Crippen LogP contribution in [-0.4, -0.2) is 14.4 Å². The lowest BCUT2D eigenvalue weighted by molar-refractivity contribution is 1.06. The number of aromatic nitrogens is 3. The van der Waals surface area contributed by atoms with Crippen LogP contribution in [0.5, 0.6) is 0 Å². The van der Waals surface area contributed by atoms with E-state index in [1.54, 1.807) is 17.5 Å². The number of hydrogen-bond acceptors (Lipinski definition) is 4. The first-order valence-corrected chi connectivity index (χ1v) is 6.81. The lowest BCUT2D eigenvalue weighted by Gasteiger charge is -2.06. The summed E-state index contributed by atoms with van der Waals surface area (Å²) >= 11 is 5.08. The molecular weight excluding hydrogens is 300 g/mol. The number of nitrogens with one attached hydrogen (secondary N) is 1. The minimum atomic E-state index is 0.759. The molecule has 86 valence electrons. The van der Waals surface area contributed by atoms with E-state index in [0.29, 0.717) is 0 Å². The van der Waals surface area contributed by atoms with Crippen LogP contribution in [-0.2, 0) is 6.54 Å². The van der Waals surface area contributed by atoms with Gasteiger partial charge in [-0.3, -0.25) is 0 Å². The van der Waals surface area contributed by atoms with E-state index in [2.05, 4.69) is 48.0 Å². The SMILES string of the molecule is Brc1cn2ccnc2c(NCc2ccsc2)n1. The molecule has 3 aromatic rings. The van der Waals surface area contributed by atoms with E-state index in [1.165, 1.54) is 5.56 Å². The molecular formula is C11H9BrN4S. The van der Waals surface area contributed by atoms with Gasteiger partial charge in [-0.25, -0.2) is 9.97 Å². The molecule has 0 atom stereocenters. The average molecular weight is 309 g/mol. The van der Waals surface area contributed by atoms with Crippen LogP contribution in [0, 0.1) is 0 Å². The largest absolute Gasteiger partial charge is 0.363 e. The normalized spacial score (nSPS) is 10.9. The maximum Gasteiger partial charge on any atom is 0.180 e.